The summed E-state index contributed by atoms with van der Waals surface area (Å²) in [6.45, 7) is 2.95. The Morgan fingerprint density at radius 3 is 2.46 bits per heavy atom. The first-order valence-electron chi connectivity index (χ1n) is 9.37. The van der Waals surface area contributed by atoms with E-state index in [1.54, 1.807) is 0 Å². The number of ether oxygens (including phenoxy) is 1. The fourth-order valence-corrected chi connectivity index (χ4v) is 2.88. The Labute approximate surface area is 163 Å². The lowest BCUT2D eigenvalue weighted by Gasteiger charge is -2.38. The Hall–Kier alpha value is -2.17. The maximum atomic E-state index is 11.8. The van der Waals surface area contributed by atoms with Gasteiger partial charge in [0.2, 0.25) is 17.6 Å². The normalized spacial score (nSPS) is 23.8. The number of amides is 2. The van der Waals surface area contributed by atoms with E-state index in [-0.39, 0.29) is 12.5 Å². The molecular weight excluding hydrogens is 372 g/mol. The first-order valence-corrected chi connectivity index (χ1v) is 9.37. The number of nitrogens with one attached hydrogen (secondary N) is 2. The molecule has 0 saturated heterocycles. The zero-order valence-electron chi connectivity index (χ0n) is 16.1. The summed E-state index contributed by atoms with van der Waals surface area (Å²) in [7, 11) is 0. The van der Waals surface area contributed by atoms with Gasteiger partial charge in [-0.1, -0.05) is 26.2 Å². The van der Waals surface area contributed by atoms with Crippen molar-refractivity contribution in [3.63, 3.8) is 0 Å². The Kier molecular flexibility index (Phi) is 9.91. The van der Waals surface area contributed by atoms with Crippen LogP contribution >= 0.6 is 0 Å². The first-order chi connectivity index (χ1) is 13.2. The summed E-state index contributed by atoms with van der Waals surface area (Å²) in [5.74, 6) is -2.89. The number of rotatable bonds is 11. The molecule has 0 aromatic rings. The molecule has 2 amide bonds. The van der Waals surface area contributed by atoms with Crippen LogP contribution in [-0.2, 0) is 19.1 Å². The van der Waals surface area contributed by atoms with Crippen molar-refractivity contribution in [1.82, 2.24) is 10.6 Å². The molecule has 28 heavy (non-hydrogen) atoms. The van der Waals surface area contributed by atoms with E-state index in [0.29, 0.717) is 12.8 Å². The minimum atomic E-state index is -1.67. The van der Waals surface area contributed by atoms with Gasteiger partial charge in [-0.2, -0.15) is 0 Å². The lowest BCUT2D eigenvalue weighted by molar-refractivity contribution is -0.147. The fraction of sp³-hybridized carbons (Fsp3) is 0.722. The van der Waals surface area contributed by atoms with Crippen LogP contribution in [0.4, 0.5) is 0 Å². The number of aliphatic hydroxyl groups is 3. The van der Waals surface area contributed by atoms with Gasteiger partial charge in [-0.25, -0.2) is 4.79 Å². The number of carboxylic acids is 1. The monoisotopic (exact) mass is 402 g/mol. The zero-order chi connectivity index (χ0) is 21.3. The maximum absolute atomic E-state index is 11.8. The number of aliphatic carboxylic acids is 1. The minimum absolute atomic E-state index is 0.281. The van der Waals surface area contributed by atoms with Gasteiger partial charge in [0.1, 0.15) is 18.3 Å². The van der Waals surface area contributed by atoms with Gasteiger partial charge < -0.3 is 35.8 Å². The van der Waals surface area contributed by atoms with Gasteiger partial charge in [-0.05, 0) is 12.5 Å². The number of hydrogen-bond acceptors (Lipinski definition) is 7. The highest BCUT2D eigenvalue weighted by atomic mass is 16.5. The standard InChI is InChI=1S/C18H30N2O8/c1-3-4-5-6-7-14(24)19-9-12(23)16(25)17-15(20-10(2)21)11(22)8-13(28-17)18(26)27/h8,11-12,15-17,22-23,25H,3-7,9H2,1-2H3,(H,19,24)(H,20,21)(H,26,27)/t11-,12?,15?,16?,17?/m1/s1. The third-order valence-electron chi connectivity index (χ3n) is 4.38. The SMILES string of the molecule is CCCCCCC(=O)NCC(O)C(O)C1OC(C(=O)O)=C[C@@H](O)C1NC(C)=O. The second kappa shape index (κ2) is 11.6. The molecule has 1 aliphatic heterocycles. The Morgan fingerprint density at radius 1 is 1.21 bits per heavy atom. The molecule has 160 valence electrons. The van der Waals surface area contributed by atoms with E-state index in [0.717, 1.165) is 25.3 Å². The molecule has 1 aliphatic rings. The zero-order valence-corrected chi connectivity index (χ0v) is 16.1. The van der Waals surface area contributed by atoms with Crippen LogP contribution in [0.1, 0.15) is 46.0 Å². The van der Waals surface area contributed by atoms with Crippen LogP contribution in [0.25, 0.3) is 0 Å². The molecule has 1 heterocycles. The summed E-state index contributed by atoms with van der Waals surface area (Å²) in [5, 5.41) is 44.6. The molecule has 0 bridgehead atoms. The smallest absolute Gasteiger partial charge is 0.370 e. The summed E-state index contributed by atoms with van der Waals surface area (Å²) < 4.78 is 5.18. The lowest BCUT2D eigenvalue weighted by atomic mass is 9.93. The van der Waals surface area contributed by atoms with Crippen LogP contribution in [0.15, 0.2) is 11.8 Å². The third kappa shape index (κ3) is 7.45. The van der Waals surface area contributed by atoms with Crippen molar-refractivity contribution in [1.29, 1.82) is 0 Å². The lowest BCUT2D eigenvalue weighted by Crippen LogP contribution is -2.60. The van der Waals surface area contributed by atoms with Gasteiger partial charge in [0, 0.05) is 19.9 Å². The predicted molar refractivity (Wildman–Crippen MR) is 98.0 cm³/mol. The summed E-state index contributed by atoms with van der Waals surface area (Å²) >= 11 is 0. The molecule has 1 rings (SSSR count). The third-order valence-corrected chi connectivity index (χ3v) is 4.38. The molecule has 0 saturated carbocycles. The molecule has 0 aliphatic carbocycles. The van der Waals surface area contributed by atoms with Crippen LogP contribution in [0.3, 0.4) is 0 Å². The number of carboxylic acid groups (broad SMARTS) is 1. The van der Waals surface area contributed by atoms with E-state index in [2.05, 4.69) is 17.6 Å². The Bertz CT molecular complexity index is 580. The van der Waals surface area contributed by atoms with Gasteiger partial charge in [-0.15, -0.1) is 0 Å². The van der Waals surface area contributed by atoms with Crippen molar-refractivity contribution in [2.24, 2.45) is 0 Å². The van der Waals surface area contributed by atoms with Crippen LogP contribution in [0, 0.1) is 0 Å². The summed E-state index contributed by atoms with van der Waals surface area (Å²) in [5.41, 5.74) is 0. The van der Waals surface area contributed by atoms with E-state index in [4.69, 9.17) is 9.84 Å². The molecule has 10 heteroatoms. The summed E-state index contributed by atoms with van der Waals surface area (Å²) in [6, 6.07) is -1.17. The van der Waals surface area contributed by atoms with Gasteiger partial charge in [0.25, 0.3) is 0 Å². The average molecular weight is 402 g/mol. The van der Waals surface area contributed by atoms with Crippen molar-refractivity contribution >= 4 is 17.8 Å². The van der Waals surface area contributed by atoms with E-state index in [1.807, 2.05) is 0 Å². The molecular formula is C18H30N2O8. The van der Waals surface area contributed by atoms with Gasteiger partial charge in [0.15, 0.2) is 6.10 Å². The second-order valence-electron chi connectivity index (χ2n) is 6.81. The van der Waals surface area contributed by atoms with Crippen molar-refractivity contribution in [2.45, 2.75) is 76.4 Å². The summed E-state index contributed by atoms with van der Waals surface area (Å²) in [4.78, 5) is 34.3. The molecule has 6 N–H and O–H groups in total. The van der Waals surface area contributed by atoms with Crippen LogP contribution < -0.4 is 10.6 Å². The quantitative estimate of drug-likeness (QED) is 0.240. The maximum Gasteiger partial charge on any atom is 0.370 e. The molecule has 4 unspecified atom stereocenters. The average Bonchev–Trinajstić information content (AvgIpc) is 2.63. The molecule has 0 radical (unpaired) electrons. The molecule has 0 aromatic carbocycles. The number of aliphatic hydroxyl groups excluding tert-OH is 3. The van der Waals surface area contributed by atoms with Crippen LogP contribution in [0.5, 0.6) is 0 Å². The Morgan fingerprint density at radius 2 is 1.89 bits per heavy atom. The highest BCUT2D eigenvalue weighted by Crippen LogP contribution is 2.23. The number of carbonyl (C=O) groups is 3. The van der Waals surface area contributed by atoms with Gasteiger partial charge in [0.05, 0.1) is 6.04 Å². The van der Waals surface area contributed by atoms with E-state index >= 15 is 0 Å². The number of hydrogen-bond donors (Lipinski definition) is 6. The van der Waals surface area contributed by atoms with Crippen molar-refractivity contribution in [3.8, 4) is 0 Å². The molecule has 10 nitrogen and oxygen atoms in total. The molecule has 0 fully saturated rings. The first kappa shape index (κ1) is 23.9. The van der Waals surface area contributed by atoms with Crippen LogP contribution in [-0.4, -0.2) is 75.2 Å². The van der Waals surface area contributed by atoms with Gasteiger partial charge >= 0.3 is 5.97 Å². The van der Waals surface area contributed by atoms with Crippen LogP contribution in [0.2, 0.25) is 0 Å². The summed E-state index contributed by atoms with van der Waals surface area (Å²) in [6.07, 6.45) is -1.13. The fourth-order valence-electron chi connectivity index (χ4n) is 2.88. The highest BCUT2D eigenvalue weighted by Gasteiger charge is 2.43. The number of unbranched alkanes of at least 4 members (excludes halogenated alkanes) is 3. The predicted octanol–water partition coefficient (Wildman–Crippen LogP) is -0.972. The molecule has 5 atom stereocenters. The number of carbonyl (C=O) groups excluding carboxylic acids is 2. The minimum Gasteiger partial charge on any atom is -0.478 e. The topological polar surface area (TPSA) is 165 Å². The van der Waals surface area contributed by atoms with Crippen molar-refractivity contribution < 1.29 is 39.5 Å². The Balaban J connectivity index is 2.69. The van der Waals surface area contributed by atoms with Gasteiger partial charge in [-0.3, -0.25) is 9.59 Å². The molecule has 0 aromatic heterocycles. The second-order valence-corrected chi connectivity index (χ2v) is 6.81. The van der Waals surface area contributed by atoms with Crippen molar-refractivity contribution in [2.75, 3.05) is 6.54 Å². The molecule has 0 spiro atoms. The van der Waals surface area contributed by atoms with E-state index < -0.39 is 48.1 Å². The van der Waals surface area contributed by atoms with Crippen molar-refractivity contribution in [3.05, 3.63) is 11.8 Å². The largest absolute Gasteiger partial charge is 0.478 e. The van der Waals surface area contributed by atoms with E-state index in [1.165, 1.54) is 6.92 Å². The highest BCUT2D eigenvalue weighted by molar-refractivity contribution is 5.84. The van der Waals surface area contributed by atoms with E-state index in [9.17, 15) is 29.7 Å².